The summed E-state index contributed by atoms with van der Waals surface area (Å²) in [6, 6.07) is -0.184. The van der Waals surface area contributed by atoms with Crippen molar-refractivity contribution >= 4 is 17.8 Å². The predicted molar refractivity (Wildman–Crippen MR) is 77.5 cm³/mol. The van der Waals surface area contributed by atoms with Crippen LogP contribution < -0.4 is 22.7 Å². The van der Waals surface area contributed by atoms with E-state index >= 15 is 0 Å². The molecular formula is C10H15N5O10. The highest BCUT2D eigenvalue weighted by Crippen LogP contribution is 1.92. The molecule has 15 heteroatoms. The second-order valence-electron chi connectivity index (χ2n) is 3.99. The molecule has 15 nitrogen and oxygen atoms in total. The maximum absolute atomic E-state index is 10.5. The summed E-state index contributed by atoms with van der Waals surface area (Å²) in [5, 5.41) is 30.2. The monoisotopic (exact) mass is 365 g/mol. The molecule has 0 aliphatic carbocycles. The zero-order valence-corrected chi connectivity index (χ0v) is 12.4. The van der Waals surface area contributed by atoms with Crippen LogP contribution >= 0.6 is 0 Å². The van der Waals surface area contributed by atoms with Crippen LogP contribution in [0.4, 0.5) is 0 Å². The van der Waals surface area contributed by atoms with E-state index < -0.39 is 45.9 Å². The molecule has 0 radical (unpaired) electrons. The first-order valence-corrected chi connectivity index (χ1v) is 6.03. The molecule has 0 aliphatic heterocycles. The van der Waals surface area contributed by atoms with Gasteiger partial charge in [-0.05, 0) is 6.42 Å². The van der Waals surface area contributed by atoms with Crippen molar-refractivity contribution in [3.63, 3.8) is 0 Å². The Morgan fingerprint density at radius 2 is 1.72 bits per heavy atom. The van der Waals surface area contributed by atoms with E-state index in [1.54, 1.807) is 0 Å². The first kappa shape index (κ1) is 23.5. The summed E-state index contributed by atoms with van der Waals surface area (Å²) < 4.78 is 0. The lowest BCUT2D eigenvalue weighted by molar-refractivity contribution is -0.742. The van der Waals surface area contributed by atoms with Gasteiger partial charge >= 0.3 is 17.6 Å². The maximum Gasteiger partial charge on any atom is 0.352 e. The van der Waals surface area contributed by atoms with Crippen LogP contribution in [0.1, 0.15) is 23.3 Å². The predicted octanol–water partition coefficient (Wildman–Crippen LogP) is -2.92. The Bertz CT molecular complexity index is 691. The van der Waals surface area contributed by atoms with Gasteiger partial charge in [0.05, 0.1) is 0 Å². The first-order chi connectivity index (χ1) is 11.4. The lowest BCUT2D eigenvalue weighted by Crippen LogP contribution is -2.31. The van der Waals surface area contributed by atoms with Crippen molar-refractivity contribution in [1.82, 2.24) is 9.97 Å². The number of carboxylic acid groups (broad SMARTS) is 2. The molecule has 1 aromatic rings. The van der Waals surface area contributed by atoms with Crippen molar-refractivity contribution in [3.05, 3.63) is 42.7 Å². The van der Waals surface area contributed by atoms with Gasteiger partial charge in [-0.2, -0.15) is 0 Å². The molecule has 0 aromatic carbocycles. The highest BCUT2D eigenvalue weighted by molar-refractivity contribution is 5.84. The van der Waals surface area contributed by atoms with Gasteiger partial charge in [-0.15, -0.1) is 10.1 Å². The number of H-pyrrole nitrogens is 2. The van der Waals surface area contributed by atoms with Crippen LogP contribution in [0.2, 0.25) is 0 Å². The molecule has 0 fully saturated rings. The molecule has 0 spiro atoms. The Kier molecular flexibility index (Phi) is 11.1. The quantitative estimate of drug-likeness (QED) is 0.205. The minimum atomic E-state index is -1.50. The number of aromatic amines is 2. The van der Waals surface area contributed by atoms with Crippen LogP contribution in [-0.4, -0.2) is 54.4 Å². The van der Waals surface area contributed by atoms with Crippen LogP contribution in [-0.2, 0) is 9.59 Å². The van der Waals surface area contributed by atoms with Gasteiger partial charge in [0.15, 0.2) is 0 Å². The Morgan fingerprint density at radius 1 is 1.24 bits per heavy atom. The maximum atomic E-state index is 10.5. The third kappa shape index (κ3) is 14.9. The molecule has 0 unspecified atom stereocenters. The number of rotatable bonds is 5. The zero-order valence-electron chi connectivity index (χ0n) is 12.4. The van der Waals surface area contributed by atoms with Crippen molar-refractivity contribution in [2.24, 2.45) is 11.5 Å². The Hall–Kier alpha value is -3.75. The fraction of sp³-hybridized carbons (Fsp3) is 0.300. The Balaban J connectivity index is 0. The van der Waals surface area contributed by atoms with Gasteiger partial charge in [-0.3, -0.25) is 19.4 Å². The van der Waals surface area contributed by atoms with E-state index in [0.717, 1.165) is 6.07 Å². The number of hydrogen-bond donors (Lipinski definition) is 7. The van der Waals surface area contributed by atoms with Crippen molar-refractivity contribution in [2.75, 3.05) is 0 Å². The zero-order chi connectivity index (χ0) is 20.2. The number of amides is 1. The Labute approximate surface area is 137 Å². The van der Waals surface area contributed by atoms with Crippen molar-refractivity contribution < 1.29 is 34.9 Å². The van der Waals surface area contributed by atoms with Crippen LogP contribution in [0, 0.1) is 10.1 Å². The number of hydrogen-bond acceptors (Lipinski definition) is 8. The lowest BCUT2D eigenvalue weighted by Gasteiger charge is -2.01. The van der Waals surface area contributed by atoms with Gasteiger partial charge in [0.25, 0.3) is 10.6 Å². The van der Waals surface area contributed by atoms with Gasteiger partial charge < -0.3 is 31.9 Å². The van der Waals surface area contributed by atoms with Gasteiger partial charge in [0, 0.05) is 12.5 Å². The number of aliphatic carboxylic acids is 1. The first-order valence-electron chi connectivity index (χ1n) is 6.03. The topological polar surface area (TPSA) is 273 Å². The molecular weight excluding hydrogens is 350 g/mol. The van der Waals surface area contributed by atoms with E-state index in [4.69, 9.17) is 37.0 Å². The third-order valence-electron chi connectivity index (χ3n) is 2.01. The Morgan fingerprint density at radius 3 is 2.04 bits per heavy atom. The molecule has 0 saturated carbocycles. The van der Waals surface area contributed by atoms with Crippen LogP contribution in [0.15, 0.2) is 15.7 Å². The van der Waals surface area contributed by atoms with Crippen LogP contribution in [0.3, 0.4) is 0 Å². The highest BCUT2D eigenvalue weighted by atomic mass is 16.9. The molecule has 1 atom stereocenters. The summed E-state index contributed by atoms with van der Waals surface area (Å²) in [5.74, 6) is -2.98. The number of nitrogens with zero attached hydrogens (tertiary/aromatic N) is 1. The average Bonchev–Trinajstić information content (AvgIpc) is 2.43. The molecule has 0 aliphatic rings. The summed E-state index contributed by atoms with van der Waals surface area (Å²) in [4.78, 5) is 63.4. The van der Waals surface area contributed by atoms with Crippen LogP contribution in [0.25, 0.3) is 0 Å². The fourth-order valence-electron chi connectivity index (χ4n) is 1.01. The average molecular weight is 365 g/mol. The summed E-state index contributed by atoms with van der Waals surface area (Å²) in [5.41, 5.74) is 7.84. The number of carbonyl (C=O) groups is 3. The van der Waals surface area contributed by atoms with Crippen LogP contribution in [0.5, 0.6) is 0 Å². The second kappa shape index (κ2) is 11.8. The van der Waals surface area contributed by atoms with E-state index in [2.05, 4.69) is 0 Å². The lowest BCUT2D eigenvalue weighted by atomic mass is 10.2. The van der Waals surface area contributed by atoms with Crippen molar-refractivity contribution in [3.8, 4) is 0 Å². The van der Waals surface area contributed by atoms with E-state index in [0.29, 0.717) is 0 Å². The molecule has 1 heterocycles. The van der Waals surface area contributed by atoms with E-state index in [1.165, 1.54) is 0 Å². The minimum absolute atomic E-state index is 0.0213. The molecule has 1 amide bonds. The highest BCUT2D eigenvalue weighted by Gasteiger charge is 2.11. The summed E-state index contributed by atoms with van der Waals surface area (Å²) in [7, 11) is 0. The van der Waals surface area contributed by atoms with Gasteiger partial charge in [-0.1, -0.05) is 0 Å². The minimum Gasteiger partial charge on any atom is -0.480 e. The molecule has 25 heavy (non-hydrogen) atoms. The number of nitrogens with one attached hydrogen (secondary N) is 2. The molecule has 0 bridgehead atoms. The largest absolute Gasteiger partial charge is 0.480 e. The molecule has 1 rings (SSSR count). The fourth-order valence-corrected chi connectivity index (χ4v) is 1.01. The summed E-state index contributed by atoms with van der Waals surface area (Å²) in [6.07, 6.45) is 0.123. The van der Waals surface area contributed by atoms with Gasteiger partial charge in [0.2, 0.25) is 5.91 Å². The summed E-state index contributed by atoms with van der Waals surface area (Å²) in [6.45, 7) is 0. The molecule has 1 aromatic heterocycles. The smallest absolute Gasteiger partial charge is 0.352 e. The van der Waals surface area contributed by atoms with E-state index in [1.807, 2.05) is 9.97 Å². The second-order valence-corrected chi connectivity index (χ2v) is 3.99. The van der Waals surface area contributed by atoms with E-state index in [9.17, 15) is 24.0 Å². The standard InChI is InChI=1S/C5H4N2O4.C5H10N2O3.HNO3/c8-3-1-2(4(9)10)6-5(11)7-3;6-3(5(9)10)1-2-4(7)8;2-1(3)4/h1H,(H,9,10)(H2,6,7,8,11);3H,1-2,6H2,(H2,7,8)(H,9,10);(H,2,3,4)/t;3-;/m.0./s1. The summed E-state index contributed by atoms with van der Waals surface area (Å²) >= 11 is 0. The molecule has 0 saturated heterocycles. The molecule has 140 valence electrons. The SMILES string of the molecule is NC(=O)CC[C@H](N)C(=O)O.O=C(O)c1cc(=O)[nH]c(=O)[nH]1.O=[N+]([O-])O. The van der Waals surface area contributed by atoms with Crippen molar-refractivity contribution in [2.45, 2.75) is 18.9 Å². The van der Waals surface area contributed by atoms with Gasteiger partial charge in [0.1, 0.15) is 11.7 Å². The number of aromatic nitrogens is 2. The number of nitrogens with two attached hydrogens (primary N) is 2. The number of aromatic carboxylic acids is 1. The third-order valence-corrected chi connectivity index (χ3v) is 2.01. The van der Waals surface area contributed by atoms with Gasteiger partial charge in [-0.25, -0.2) is 9.59 Å². The molecule has 9 N–H and O–H groups in total. The normalized spacial score (nSPS) is 10.1. The number of primary amides is 1. The van der Waals surface area contributed by atoms with Crippen molar-refractivity contribution in [1.29, 1.82) is 0 Å². The number of carboxylic acids is 2. The van der Waals surface area contributed by atoms with E-state index in [-0.39, 0.29) is 12.8 Å². The number of carbonyl (C=O) groups excluding carboxylic acids is 1.